The minimum absolute atomic E-state index is 0.0678. The fourth-order valence-electron chi connectivity index (χ4n) is 3.03. The largest absolute Gasteiger partial charge is 0.286 e. The van der Waals surface area contributed by atoms with Gasteiger partial charge < -0.3 is 0 Å². The zero-order valence-corrected chi connectivity index (χ0v) is 16.7. The zero-order chi connectivity index (χ0) is 18.6. The van der Waals surface area contributed by atoms with Gasteiger partial charge in [0, 0.05) is 12.3 Å². The molecule has 3 nitrogen and oxygen atoms in total. The number of rotatable bonds is 6. The van der Waals surface area contributed by atoms with Gasteiger partial charge in [-0.3, -0.25) is 9.36 Å². The summed E-state index contributed by atoms with van der Waals surface area (Å²) in [6.45, 7) is 2.76. The van der Waals surface area contributed by atoms with Gasteiger partial charge in [0.2, 0.25) is 0 Å². The molecule has 0 N–H and O–H groups in total. The number of fused-ring (bicyclic) bond motifs is 1. The van der Waals surface area contributed by atoms with E-state index in [1.165, 1.54) is 28.0 Å². The summed E-state index contributed by atoms with van der Waals surface area (Å²) in [6, 6.07) is 20.6. The predicted octanol–water partition coefficient (Wildman–Crippen LogP) is 5.30. The lowest BCUT2D eigenvalue weighted by atomic mass is 10.1. The third-order valence-electron chi connectivity index (χ3n) is 4.62. The standard InChI is InChI=1S/C22H20N2OS2/c1-16-7-5-6-10-18(16)15-27-22-23-19-12-14-26-20(19)21(25)24(22)13-11-17-8-3-2-4-9-17/h2-10,12,14H,11,13,15H2,1H3. The highest BCUT2D eigenvalue weighted by Crippen LogP contribution is 2.25. The molecule has 0 unspecified atom stereocenters. The summed E-state index contributed by atoms with van der Waals surface area (Å²) < 4.78 is 2.58. The third kappa shape index (κ3) is 3.99. The molecule has 4 rings (SSSR count). The van der Waals surface area contributed by atoms with Crippen LogP contribution in [0, 0.1) is 6.92 Å². The number of aryl methyl sites for hydroxylation is 2. The van der Waals surface area contributed by atoms with Gasteiger partial charge in [0.25, 0.3) is 5.56 Å². The molecule has 0 spiro atoms. The van der Waals surface area contributed by atoms with Crippen LogP contribution in [0.4, 0.5) is 0 Å². The highest BCUT2D eigenvalue weighted by Gasteiger charge is 2.13. The van der Waals surface area contributed by atoms with Crippen molar-refractivity contribution in [1.29, 1.82) is 0 Å². The maximum absolute atomic E-state index is 13.0. The van der Waals surface area contributed by atoms with E-state index < -0.39 is 0 Å². The SMILES string of the molecule is Cc1ccccc1CSc1nc2ccsc2c(=O)n1CCc1ccccc1. The van der Waals surface area contributed by atoms with Gasteiger partial charge in [-0.15, -0.1) is 11.3 Å². The normalized spacial score (nSPS) is 11.1. The summed E-state index contributed by atoms with van der Waals surface area (Å²) in [5.41, 5.74) is 4.63. The fourth-order valence-corrected chi connectivity index (χ4v) is 4.91. The van der Waals surface area contributed by atoms with E-state index in [2.05, 4.69) is 43.3 Å². The highest BCUT2D eigenvalue weighted by molar-refractivity contribution is 7.98. The van der Waals surface area contributed by atoms with Gasteiger partial charge in [-0.1, -0.05) is 66.4 Å². The maximum atomic E-state index is 13.0. The van der Waals surface area contributed by atoms with Gasteiger partial charge in [0.1, 0.15) is 4.70 Å². The molecule has 27 heavy (non-hydrogen) atoms. The lowest BCUT2D eigenvalue weighted by Gasteiger charge is -2.13. The van der Waals surface area contributed by atoms with Crippen LogP contribution in [0.3, 0.4) is 0 Å². The first-order chi connectivity index (χ1) is 13.2. The van der Waals surface area contributed by atoms with Gasteiger partial charge in [-0.05, 0) is 41.5 Å². The van der Waals surface area contributed by atoms with Crippen LogP contribution in [0.25, 0.3) is 10.2 Å². The Balaban J connectivity index is 1.65. The molecule has 0 aliphatic heterocycles. The lowest BCUT2D eigenvalue weighted by Crippen LogP contribution is -2.23. The smallest absolute Gasteiger partial charge is 0.272 e. The molecule has 0 amide bonds. The lowest BCUT2D eigenvalue weighted by molar-refractivity contribution is 0.596. The second-order valence-corrected chi connectivity index (χ2v) is 8.30. The number of nitrogens with zero attached hydrogens (tertiary/aromatic N) is 2. The van der Waals surface area contributed by atoms with E-state index in [-0.39, 0.29) is 5.56 Å². The Hall–Kier alpha value is -2.37. The van der Waals surface area contributed by atoms with Crippen molar-refractivity contribution in [3.8, 4) is 0 Å². The van der Waals surface area contributed by atoms with Crippen LogP contribution in [0.5, 0.6) is 0 Å². The van der Waals surface area contributed by atoms with Crippen LogP contribution in [0.2, 0.25) is 0 Å². The number of hydrogen-bond donors (Lipinski definition) is 0. The molecule has 0 atom stereocenters. The Morgan fingerprint density at radius 3 is 2.63 bits per heavy atom. The van der Waals surface area contributed by atoms with Crippen molar-refractivity contribution in [2.24, 2.45) is 0 Å². The van der Waals surface area contributed by atoms with Crippen molar-refractivity contribution < 1.29 is 0 Å². The van der Waals surface area contributed by atoms with Crippen molar-refractivity contribution in [1.82, 2.24) is 9.55 Å². The van der Waals surface area contributed by atoms with Crippen LogP contribution in [-0.2, 0) is 18.7 Å². The summed E-state index contributed by atoms with van der Waals surface area (Å²) >= 11 is 3.11. The first-order valence-corrected chi connectivity index (χ1v) is 10.8. The van der Waals surface area contributed by atoms with Crippen LogP contribution in [0.15, 0.2) is 76.0 Å². The molecule has 2 aromatic heterocycles. The van der Waals surface area contributed by atoms with E-state index in [9.17, 15) is 4.79 Å². The maximum Gasteiger partial charge on any atom is 0.272 e. The molecule has 0 bridgehead atoms. The van der Waals surface area contributed by atoms with Gasteiger partial charge >= 0.3 is 0 Å². The van der Waals surface area contributed by atoms with Crippen LogP contribution < -0.4 is 5.56 Å². The topological polar surface area (TPSA) is 34.9 Å². The summed E-state index contributed by atoms with van der Waals surface area (Å²) in [6.07, 6.45) is 0.817. The zero-order valence-electron chi connectivity index (χ0n) is 15.1. The van der Waals surface area contributed by atoms with Crippen molar-refractivity contribution in [2.75, 3.05) is 0 Å². The summed E-state index contributed by atoms with van der Waals surface area (Å²) in [4.78, 5) is 17.8. The van der Waals surface area contributed by atoms with Gasteiger partial charge in [-0.25, -0.2) is 4.98 Å². The van der Waals surface area contributed by atoms with E-state index in [1.807, 2.05) is 34.2 Å². The number of aromatic nitrogens is 2. The Bertz CT molecular complexity index is 1120. The number of hydrogen-bond acceptors (Lipinski definition) is 4. The average molecular weight is 393 g/mol. The van der Waals surface area contributed by atoms with E-state index in [1.54, 1.807) is 11.8 Å². The fraction of sp³-hybridized carbons (Fsp3) is 0.182. The second-order valence-electron chi connectivity index (χ2n) is 6.44. The van der Waals surface area contributed by atoms with Crippen LogP contribution >= 0.6 is 23.1 Å². The summed E-state index contributed by atoms with van der Waals surface area (Å²) in [5, 5.41) is 2.74. The first-order valence-electron chi connectivity index (χ1n) is 8.91. The highest BCUT2D eigenvalue weighted by atomic mass is 32.2. The molecule has 0 aliphatic carbocycles. The molecule has 4 aromatic rings. The van der Waals surface area contributed by atoms with E-state index >= 15 is 0 Å². The average Bonchev–Trinajstić information content (AvgIpc) is 3.16. The molecule has 0 aliphatic rings. The third-order valence-corrected chi connectivity index (χ3v) is 6.53. The molecule has 136 valence electrons. The van der Waals surface area contributed by atoms with Crippen molar-refractivity contribution in [2.45, 2.75) is 30.8 Å². The van der Waals surface area contributed by atoms with Crippen molar-refractivity contribution >= 4 is 33.3 Å². The monoisotopic (exact) mass is 392 g/mol. The van der Waals surface area contributed by atoms with Gasteiger partial charge in [0.15, 0.2) is 5.16 Å². The molecular formula is C22H20N2OS2. The minimum Gasteiger partial charge on any atom is -0.286 e. The molecule has 2 heterocycles. The van der Waals surface area contributed by atoms with E-state index in [4.69, 9.17) is 4.98 Å². The van der Waals surface area contributed by atoms with Crippen molar-refractivity contribution in [3.05, 3.63) is 93.1 Å². The number of thioether (sulfide) groups is 1. The summed E-state index contributed by atoms with van der Waals surface area (Å²) in [5.74, 6) is 0.806. The molecule has 0 saturated heterocycles. The molecular weight excluding hydrogens is 372 g/mol. The first kappa shape index (κ1) is 18.0. The molecule has 0 fully saturated rings. The molecule has 5 heteroatoms. The van der Waals surface area contributed by atoms with E-state index in [0.29, 0.717) is 6.54 Å². The van der Waals surface area contributed by atoms with Crippen LogP contribution in [0.1, 0.15) is 16.7 Å². The minimum atomic E-state index is 0.0678. The Labute approximate surface area is 166 Å². The predicted molar refractivity (Wildman–Crippen MR) is 115 cm³/mol. The molecule has 0 saturated carbocycles. The Morgan fingerprint density at radius 2 is 1.81 bits per heavy atom. The van der Waals surface area contributed by atoms with Gasteiger partial charge in [-0.2, -0.15) is 0 Å². The van der Waals surface area contributed by atoms with E-state index in [0.717, 1.165) is 27.5 Å². The van der Waals surface area contributed by atoms with Gasteiger partial charge in [0.05, 0.1) is 5.52 Å². The summed E-state index contributed by atoms with van der Waals surface area (Å²) in [7, 11) is 0. The quantitative estimate of drug-likeness (QED) is 0.330. The molecule has 2 aromatic carbocycles. The molecule has 0 radical (unpaired) electrons. The number of thiophene rings is 1. The Kier molecular flexibility index (Phi) is 5.41. The Morgan fingerprint density at radius 1 is 1.04 bits per heavy atom. The van der Waals surface area contributed by atoms with Crippen molar-refractivity contribution in [3.63, 3.8) is 0 Å². The van der Waals surface area contributed by atoms with Crippen LogP contribution in [-0.4, -0.2) is 9.55 Å². The number of benzene rings is 2. The second kappa shape index (κ2) is 8.11.